The third-order valence-corrected chi connectivity index (χ3v) is 8.63. The molecule has 4 aromatic carbocycles. The quantitative estimate of drug-likeness (QED) is 0.432. The van der Waals surface area contributed by atoms with Crippen LogP contribution in [-0.2, 0) is 0 Å². The van der Waals surface area contributed by atoms with Crippen molar-refractivity contribution < 1.29 is 9.53 Å². The molecule has 0 atom stereocenters. The number of hydrogen-bond donors (Lipinski definition) is 1. The van der Waals surface area contributed by atoms with Crippen molar-refractivity contribution in [2.24, 2.45) is 0 Å². The Hall–Kier alpha value is -3.30. The van der Waals surface area contributed by atoms with Crippen LogP contribution in [0.1, 0.15) is 0 Å². The van der Waals surface area contributed by atoms with E-state index in [1.54, 1.807) is 12.1 Å². The first-order valence-electron chi connectivity index (χ1n) is 8.94. The van der Waals surface area contributed by atoms with Crippen LogP contribution >= 0.6 is 0 Å². The van der Waals surface area contributed by atoms with Crippen LogP contribution in [0.5, 0.6) is 11.5 Å². The van der Waals surface area contributed by atoms with E-state index in [0.717, 1.165) is 15.6 Å². The lowest BCUT2D eigenvalue weighted by atomic mass is 10.3. The summed E-state index contributed by atoms with van der Waals surface area (Å²) in [7, 11) is -2.86. The third kappa shape index (κ3) is 3.25. The fourth-order valence-corrected chi connectivity index (χ4v) is 7.25. The minimum atomic E-state index is -2.86. The number of phenols is 1. The fourth-order valence-electron chi connectivity index (χ4n) is 3.40. The van der Waals surface area contributed by atoms with Crippen LogP contribution in [-0.4, -0.2) is 13.4 Å². The summed E-state index contributed by atoms with van der Waals surface area (Å²) >= 11 is 0. The largest absolute Gasteiger partial charge is 0.528 e. The Balaban J connectivity index is 2.02. The molecule has 4 rings (SSSR count). The molecule has 27 heavy (non-hydrogen) atoms. The molecule has 0 aliphatic rings. The van der Waals surface area contributed by atoms with Gasteiger partial charge in [0.1, 0.15) is 5.75 Å². The molecule has 0 heterocycles. The van der Waals surface area contributed by atoms with Crippen molar-refractivity contribution >= 4 is 23.9 Å². The first-order chi connectivity index (χ1) is 13.3. The second-order valence-corrected chi connectivity index (χ2v) is 9.65. The molecule has 0 spiro atoms. The fraction of sp³-hybridized carbons (Fsp3) is 0. The van der Waals surface area contributed by atoms with Crippen LogP contribution in [0, 0.1) is 0 Å². The van der Waals surface area contributed by atoms with Gasteiger partial charge in [0, 0.05) is 0 Å². The van der Waals surface area contributed by atoms with Gasteiger partial charge in [-0.15, -0.1) is 0 Å². The summed E-state index contributed by atoms with van der Waals surface area (Å²) in [6.45, 7) is 0. The highest BCUT2D eigenvalue weighted by Gasteiger charge is 2.44. The van der Waals surface area contributed by atoms with Crippen LogP contribution in [0.3, 0.4) is 0 Å². The predicted molar refractivity (Wildman–Crippen MR) is 113 cm³/mol. The topological polar surface area (TPSA) is 29.5 Å². The van der Waals surface area contributed by atoms with Gasteiger partial charge in [0.05, 0.1) is 0 Å². The van der Waals surface area contributed by atoms with E-state index in [0.29, 0.717) is 5.75 Å². The summed E-state index contributed by atoms with van der Waals surface area (Å²) in [6, 6.07) is 38.2. The second kappa shape index (κ2) is 7.52. The van der Waals surface area contributed by atoms with Gasteiger partial charge in [-0.25, -0.2) is 0 Å². The number of aromatic hydroxyl groups is 1. The average Bonchev–Trinajstić information content (AvgIpc) is 2.75. The molecule has 0 aliphatic carbocycles. The SMILES string of the molecule is Oc1ccccc1O[Si](c1ccccc1)(c1ccccc1)c1ccccc1. The van der Waals surface area contributed by atoms with E-state index in [1.807, 2.05) is 66.7 Å². The van der Waals surface area contributed by atoms with Crippen molar-refractivity contribution in [3.05, 3.63) is 115 Å². The van der Waals surface area contributed by atoms with Crippen molar-refractivity contribution in [3.63, 3.8) is 0 Å². The zero-order valence-corrected chi connectivity index (χ0v) is 15.8. The van der Waals surface area contributed by atoms with Gasteiger partial charge in [0.15, 0.2) is 5.75 Å². The molecule has 132 valence electrons. The summed E-state index contributed by atoms with van der Waals surface area (Å²) in [5, 5.41) is 13.8. The monoisotopic (exact) mass is 368 g/mol. The smallest absolute Gasteiger partial charge is 0.347 e. The third-order valence-electron chi connectivity index (χ3n) is 4.67. The standard InChI is InChI=1S/C24H20O2Si/c25-23-18-10-11-19-24(23)26-27(20-12-4-1-5-13-20,21-14-6-2-7-15-21)22-16-8-3-9-17-22/h1-19,25H. The van der Waals surface area contributed by atoms with Gasteiger partial charge in [0.2, 0.25) is 0 Å². The molecule has 0 saturated heterocycles. The van der Waals surface area contributed by atoms with Gasteiger partial charge in [-0.05, 0) is 27.7 Å². The van der Waals surface area contributed by atoms with Gasteiger partial charge in [0.25, 0.3) is 0 Å². The zero-order chi connectivity index (χ0) is 18.5. The molecule has 0 aliphatic heterocycles. The van der Waals surface area contributed by atoms with Crippen molar-refractivity contribution in [1.82, 2.24) is 0 Å². The Morgan fingerprint density at radius 2 is 0.852 bits per heavy atom. The molecule has 1 N–H and O–H groups in total. The van der Waals surface area contributed by atoms with Crippen LogP contribution in [0.15, 0.2) is 115 Å². The van der Waals surface area contributed by atoms with Crippen LogP contribution in [0.2, 0.25) is 0 Å². The minimum absolute atomic E-state index is 0.150. The van der Waals surface area contributed by atoms with Gasteiger partial charge < -0.3 is 9.53 Å². The first kappa shape index (κ1) is 17.1. The van der Waals surface area contributed by atoms with Gasteiger partial charge in [-0.3, -0.25) is 0 Å². The summed E-state index contributed by atoms with van der Waals surface area (Å²) in [6.07, 6.45) is 0. The summed E-state index contributed by atoms with van der Waals surface area (Å²) in [4.78, 5) is 0. The molecule has 2 nitrogen and oxygen atoms in total. The molecular formula is C24H20O2Si. The van der Waals surface area contributed by atoms with E-state index in [2.05, 4.69) is 36.4 Å². The molecule has 4 aromatic rings. The van der Waals surface area contributed by atoms with Gasteiger partial charge in [-0.2, -0.15) is 0 Å². The van der Waals surface area contributed by atoms with Gasteiger partial charge >= 0.3 is 8.32 Å². The Labute approximate surface area is 160 Å². The molecule has 0 amide bonds. The highest BCUT2D eigenvalue weighted by Crippen LogP contribution is 2.27. The lowest BCUT2D eigenvalue weighted by molar-refractivity contribution is 0.440. The normalized spacial score (nSPS) is 11.1. The van der Waals surface area contributed by atoms with Crippen LogP contribution < -0.4 is 20.0 Å². The van der Waals surface area contributed by atoms with E-state index in [9.17, 15) is 5.11 Å². The Bertz CT molecular complexity index is 905. The van der Waals surface area contributed by atoms with Crippen LogP contribution in [0.4, 0.5) is 0 Å². The van der Waals surface area contributed by atoms with E-state index in [-0.39, 0.29) is 5.75 Å². The Morgan fingerprint density at radius 1 is 0.481 bits per heavy atom. The predicted octanol–water partition coefficient (Wildman–Crippen LogP) is 3.44. The number of para-hydroxylation sites is 2. The molecule has 0 aromatic heterocycles. The van der Waals surface area contributed by atoms with Crippen molar-refractivity contribution in [2.45, 2.75) is 0 Å². The Morgan fingerprint density at radius 3 is 1.26 bits per heavy atom. The average molecular weight is 369 g/mol. The number of hydrogen-bond acceptors (Lipinski definition) is 2. The highest BCUT2D eigenvalue weighted by molar-refractivity contribution is 7.07. The maximum absolute atomic E-state index is 10.4. The summed E-state index contributed by atoms with van der Waals surface area (Å²) < 4.78 is 6.78. The molecule has 0 saturated carbocycles. The zero-order valence-electron chi connectivity index (χ0n) is 14.8. The number of phenolic OH excluding ortho intramolecular Hbond substituents is 1. The molecule has 0 bridgehead atoms. The molecular weight excluding hydrogens is 348 g/mol. The van der Waals surface area contributed by atoms with Crippen molar-refractivity contribution in [1.29, 1.82) is 0 Å². The molecule has 0 radical (unpaired) electrons. The van der Waals surface area contributed by atoms with E-state index in [1.165, 1.54) is 0 Å². The number of rotatable bonds is 5. The summed E-state index contributed by atoms with van der Waals surface area (Å²) in [5.41, 5.74) is 0. The van der Waals surface area contributed by atoms with Crippen LogP contribution in [0.25, 0.3) is 0 Å². The second-order valence-electron chi connectivity index (χ2n) is 6.35. The molecule has 3 heteroatoms. The van der Waals surface area contributed by atoms with E-state index >= 15 is 0 Å². The highest BCUT2D eigenvalue weighted by atomic mass is 28.4. The lowest BCUT2D eigenvalue weighted by Gasteiger charge is -2.33. The first-order valence-corrected chi connectivity index (χ1v) is 10.8. The van der Waals surface area contributed by atoms with Crippen molar-refractivity contribution in [3.8, 4) is 11.5 Å². The Kier molecular flexibility index (Phi) is 4.77. The molecule has 0 unspecified atom stereocenters. The summed E-state index contributed by atoms with van der Waals surface area (Å²) in [5.74, 6) is 0.651. The van der Waals surface area contributed by atoms with Crippen molar-refractivity contribution in [2.75, 3.05) is 0 Å². The lowest BCUT2D eigenvalue weighted by Crippen LogP contribution is -2.71. The number of benzene rings is 4. The maximum atomic E-state index is 10.4. The van der Waals surface area contributed by atoms with Gasteiger partial charge in [-0.1, -0.05) is 103 Å². The maximum Gasteiger partial charge on any atom is 0.347 e. The van der Waals surface area contributed by atoms with E-state index < -0.39 is 8.32 Å². The molecule has 0 fully saturated rings. The minimum Gasteiger partial charge on any atom is -0.528 e. The van der Waals surface area contributed by atoms with E-state index in [4.69, 9.17) is 4.43 Å².